The first-order valence-corrected chi connectivity index (χ1v) is 14.9. The van der Waals surface area contributed by atoms with Gasteiger partial charge in [-0.15, -0.1) is 0 Å². The number of carbonyl (C=O) groups excluding carboxylic acids is 2. The van der Waals surface area contributed by atoms with Gasteiger partial charge in [0.05, 0.1) is 80.0 Å². The Morgan fingerprint density at radius 2 is 1.75 bits per heavy atom. The van der Waals surface area contributed by atoms with Crippen molar-refractivity contribution in [3.05, 3.63) is 69.0 Å². The Kier molecular flexibility index (Phi) is 11.3. The number of hydrogen-bond donors (Lipinski definition) is 2. The molecule has 258 valence electrons. The molecular weight excluding hydrogens is 659 g/mol. The summed E-state index contributed by atoms with van der Waals surface area (Å²) in [6.45, 7) is 3.21. The highest BCUT2D eigenvalue weighted by Crippen LogP contribution is 2.45. The lowest BCUT2D eigenvalue weighted by Crippen LogP contribution is -2.35. The van der Waals surface area contributed by atoms with Gasteiger partial charge >= 0.3 is 18.1 Å². The summed E-state index contributed by atoms with van der Waals surface area (Å²) in [7, 11) is 5.87. The van der Waals surface area contributed by atoms with E-state index in [0.29, 0.717) is 28.4 Å². The Bertz CT molecular complexity index is 1780. The molecule has 12 nitrogen and oxygen atoms in total. The van der Waals surface area contributed by atoms with Crippen molar-refractivity contribution in [3.8, 4) is 11.5 Å². The van der Waals surface area contributed by atoms with Crippen molar-refractivity contribution >= 4 is 46.2 Å². The van der Waals surface area contributed by atoms with Crippen molar-refractivity contribution in [2.45, 2.75) is 25.9 Å². The number of methoxy groups -OCH3 is 3. The molecule has 1 unspecified atom stereocenters. The number of rotatable bonds is 12. The van der Waals surface area contributed by atoms with E-state index in [4.69, 9.17) is 41.0 Å². The van der Waals surface area contributed by atoms with E-state index >= 15 is 0 Å². The number of hydrogen-bond acceptors (Lipinski definition) is 12. The molecule has 1 aromatic heterocycles. The second kappa shape index (κ2) is 15.0. The number of nitrogens with one attached hydrogen (secondary N) is 1. The van der Waals surface area contributed by atoms with E-state index in [-0.39, 0.29) is 60.3 Å². The third-order valence-electron chi connectivity index (χ3n) is 7.57. The number of benzene rings is 2. The molecule has 0 bridgehead atoms. The molecule has 0 saturated heterocycles. The quantitative estimate of drug-likeness (QED) is 0.194. The molecule has 1 atom stereocenters. The summed E-state index contributed by atoms with van der Waals surface area (Å²) >= 11 is 6.32. The smallest absolute Gasteiger partial charge is 0.417 e. The Morgan fingerprint density at radius 1 is 1.06 bits per heavy atom. The van der Waals surface area contributed by atoms with Gasteiger partial charge in [0.25, 0.3) is 0 Å². The van der Waals surface area contributed by atoms with Gasteiger partial charge in [-0.05, 0) is 31.5 Å². The summed E-state index contributed by atoms with van der Waals surface area (Å²) in [5, 5.41) is 2.90. The summed E-state index contributed by atoms with van der Waals surface area (Å²) in [5.74, 6) is -1.63. The fourth-order valence-electron chi connectivity index (χ4n) is 5.26. The minimum Gasteiger partial charge on any atom is -0.493 e. The molecule has 0 saturated carbocycles. The largest absolute Gasteiger partial charge is 0.493 e. The van der Waals surface area contributed by atoms with Crippen molar-refractivity contribution in [3.63, 3.8) is 0 Å². The molecule has 0 spiro atoms. The summed E-state index contributed by atoms with van der Waals surface area (Å²) in [4.78, 5) is 37.1. The first-order valence-electron chi connectivity index (χ1n) is 14.6. The van der Waals surface area contributed by atoms with Gasteiger partial charge in [0, 0.05) is 30.7 Å². The van der Waals surface area contributed by atoms with E-state index in [1.807, 2.05) is 0 Å². The van der Waals surface area contributed by atoms with Gasteiger partial charge in [-0.25, -0.2) is 14.6 Å². The number of likely N-dealkylation sites (N-methyl/N-ethyl adjacent to an activating group) is 1. The second-order valence-corrected chi connectivity index (χ2v) is 10.9. The van der Waals surface area contributed by atoms with Crippen molar-refractivity contribution in [2.75, 3.05) is 65.4 Å². The molecule has 0 amide bonds. The van der Waals surface area contributed by atoms with Crippen molar-refractivity contribution in [1.29, 1.82) is 0 Å². The number of nitrogens with two attached hydrogens (primary N) is 1. The maximum Gasteiger partial charge on any atom is 0.417 e. The number of ether oxygens (including phenoxy) is 5. The Labute approximate surface area is 279 Å². The maximum atomic E-state index is 13.9. The molecule has 0 radical (unpaired) electrons. The second-order valence-electron chi connectivity index (χ2n) is 10.5. The minimum atomic E-state index is -4.80. The molecule has 2 aromatic carbocycles. The summed E-state index contributed by atoms with van der Waals surface area (Å²) < 4.78 is 68.4. The van der Waals surface area contributed by atoms with Crippen LogP contribution in [0.3, 0.4) is 0 Å². The van der Waals surface area contributed by atoms with E-state index in [1.54, 1.807) is 31.0 Å². The number of carbonyl (C=O) groups is 2. The zero-order chi connectivity index (χ0) is 35.3. The van der Waals surface area contributed by atoms with Gasteiger partial charge in [0.15, 0.2) is 11.5 Å². The highest BCUT2D eigenvalue weighted by Gasteiger charge is 2.42. The van der Waals surface area contributed by atoms with Crippen LogP contribution in [-0.4, -0.2) is 76.6 Å². The average molecular weight is 694 g/mol. The number of dihydropyridines is 1. The first-order chi connectivity index (χ1) is 22.8. The van der Waals surface area contributed by atoms with Gasteiger partial charge in [-0.1, -0.05) is 23.7 Å². The SMILES string of the molecule is CCOC(=O)C1=C(COCCN(C)c2nc(N)c3cc(OC)c(OC)cc3n2)NC(C)=C(C(=O)OC)C1c1cccc(C(F)(F)F)c1Cl. The Morgan fingerprint density at radius 3 is 2.38 bits per heavy atom. The van der Waals surface area contributed by atoms with E-state index in [2.05, 4.69) is 15.3 Å². The van der Waals surface area contributed by atoms with E-state index in [0.717, 1.165) is 19.2 Å². The number of nitrogen functional groups attached to an aromatic ring is 1. The maximum absolute atomic E-state index is 13.9. The number of esters is 2. The molecular formula is C32H35ClF3N5O7. The lowest BCUT2D eigenvalue weighted by molar-refractivity contribution is -0.139. The van der Waals surface area contributed by atoms with Gasteiger partial charge < -0.3 is 39.6 Å². The monoisotopic (exact) mass is 693 g/mol. The number of aromatic nitrogens is 2. The van der Waals surface area contributed by atoms with Crippen LogP contribution in [0.25, 0.3) is 10.9 Å². The van der Waals surface area contributed by atoms with Crippen molar-refractivity contribution < 1.29 is 46.4 Å². The lowest BCUT2D eigenvalue weighted by atomic mass is 9.79. The number of nitrogens with zero attached hydrogens (tertiary/aromatic N) is 3. The lowest BCUT2D eigenvalue weighted by Gasteiger charge is -2.32. The number of fused-ring (bicyclic) bond motifs is 1. The average Bonchev–Trinajstić information content (AvgIpc) is 3.04. The van der Waals surface area contributed by atoms with Crippen LogP contribution in [-0.2, 0) is 30.0 Å². The number of allylic oxidation sites excluding steroid dienone is 1. The van der Waals surface area contributed by atoms with Crippen LogP contribution in [0.1, 0.15) is 30.9 Å². The van der Waals surface area contributed by atoms with E-state index in [9.17, 15) is 22.8 Å². The number of halogens is 4. The molecule has 1 aliphatic rings. The fourth-order valence-corrected chi connectivity index (χ4v) is 5.60. The molecule has 3 N–H and O–H groups in total. The molecule has 48 heavy (non-hydrogen) atoms. The van der Waals surface area contributed by atoms with Gasteiger partial charge in [0.1, 0.15) is 5.82 Å². The number of alkyl halides is 3. The van der Waals surface area contributed by atoms with Crippen LogP contribution in [0, 0.1) is 0 Å². The highest BCUT2D eigenvalue weighted by molar-refractivity contribution is 6.32. The Balaban J connectivity index is 1.64. The van der Waals surface area contributed by atoms with Gasteiger partial charge in [0.2, 0.25) is 5.95 Å². The zero-order valence-electron chi connectivity index (χ0n) is 27.1. The van der Waals surface area contributed by atoms with Crippen LogP contribution in [0.2, 0.25) is 5.02 Å². The third kappa shape index (κ3) is 7.36. The van der Waals surface area contributed by atoms with Crippen LogP contribution >= 0.6 is 11.6 Å². The standard InChI is InChI=1S/C32H35ClF3N5O7/c1-7-48-30(43)26-21(38-16(2)24(29(42)46-6)25(26)17-9-8-10-19(27(17)33)32(34,35)36)15-47-12-11-41(3)31-39-20-14-23(45-5)22(44-4)13-18(20)28(37)40-31/h8-10,13-14,25,38H,7,11-12,15H2,1-6H3,(H2,37,39,40). The van der Waals surface area contributed by atoms with Crippen LogP contribution < -0.4 is 25.4 Å². The van der Waals surface area contributed by atoms with Crippen LogP contribution in [0.5, 0.6) is 11.5 Å². The van der Waals surface area contributed by atoms with Crippen molar-refractivity contribution in [1.82, 2.24) is 15.3 Å². The summed E-state index contributed by atoms with van der Waals surface area (Å²) in [6.07, 6.45) is -4.80. The molecule has 1 aliphatic heterocycles. The molecule has 0 fully saturated rings. The first kappa shape index (κ1) is 36.1. The highest BCUT2D eigenvalue weighted by atomic mass is 35.5. The Hall–Kier alpha value is -4.76. The van der Waals surface area contributed by atoms with Crippen LogP contribution in [0.15, 0.2) is 52.9 Å². The summed E-state index contributed by atoms with van der Waals surface area (Å²) in [6, 6.07) is 6.65. The third-order valence-corrected chi connectivity index (χ3v) is 7.99. The van der Waals surface area contributed by atoms with Gasteiger partial charge in [-0.3, -0.25) is 0 Å². The summed E-state index contributed by atoms with van der Waals surface area (Å²) in [5.41, 5.74) is 5.65. The number of anilines is 2. The van der Waals surface area contributed by atoms with E-state index in [1.165, 1.54) is 27.2 Å². The molecule has 16 heteroatoms. The van der Waals surface area contributed by atoms with Gasteiger partial charge in [-0.2, -0.15) is 18.2 Å². The minimum absolute atomic E-state index is 0.0475. The molecule has 0 aliphatic carbocycles. The molecule has 4 rings (SSSR count). The normalized spacial score (nSPS) is 14.9. The molecule has 2 heterocycles. The van der Waals surface area contributed by atoms with Crippen LogP contribution in [0.4, 0.5) is 24.9 Å². The molecule has 3 aromatic rings. The fraction of sp³-hybridized carbons (Fsp3) is 0.375. The van der Waals surface area contributed by atoms with Crippen molar-refractivity contribution in [2.24, 2.45) is 0 Å². The zero-order valence-corrected chi connectivity index (χ0v) is 27.8. The topological polar surface area (TPSA) is 147 Å². The van der Waals surface area contributed by atoms with E-state index < -0.39 is 34.6 Å². The predicted molar refractivity (Wildman–Crippen MR) is 172 cm³/mol. The predicted octanol–water partition coefficient (Wildman–Crippen LogP) is 5.01.